The van der Waals surface area contributed by atoms with E-state index in [0.717, 1.165) is 16.6 Å². The Bertz CT molecular complexity index is 801. The van der Waals surface area contributed by atoms with Gasteiger partial charge in [0.1, 0.15) is 0 Å². The molecular formula is C16H17N3O. The van der Waals surface area contributed by atoms with Gasteiger partial charge < -0.3 is 15.3 Å². The molecule has 3 rings (SSSR count). The van der Waals surface area contributed by atoms with E-state index in [9.17, 15) is 4.79 Å². The van der Waals surface area contributed by atoms with E-state index in [1.807, 2.05) is 37.4 Å². The van der Waals surface area contributed by atoms with E-state index < -0.39 is 0 Å². The zero-order valence-electron chi connectivity index (χ0n) is 11.5. The van der Waals surface area contributed by atoms with Crippen molar-refractivity contribution in [2.45, 2.75) is 13.0 Å². The lowest BCUT2D eigenvalue weighted by atomic mass is 9.95. The van der Waals surface area contributed by atoms with Crippen molar-refractivity contribution in [3.05, 3.63) is 69.6 Å². The summed E-state index contributed by atoms with van der Waals surface area (Å²) in [6.07, 6.45) is 0. The molecule has 0 saturated heterocycles. The quantitative estimate of drug-likeness (QED) is 0.682. The highest BCUT2D eigenvalue weighted by Crippen LogP contribution is 2.26. The molecule has 0 aliphatic heterocycles. The molecule has 0 aliphatic rings. The molecule has 0 radical (unpaired) electrons. The van der Waals surface area contributed by atoms with E-state index in [4.69, 9.17) is 0 Å². The van der Waals surface area contributed by atoms with Crippen LogP contribution in [-0.4, -0.2) is 17.0 Å². The molecule has 3 aromatic rings. The van der Waals surface area contributed by atoms with Crippen LogP contribution >= 0.6 is 0 Å². The molecule has 2 aromatic carbocycles. The number of imidazole rings is 1. The second-order valence-corrected chi connectivity index (χ2v) is 4.96. The Balaban J connectivity index is 2.11. The fraction of sp³-hybridized carbons (Fsp3) is 0.188. The largest absolute Gasteiger partial charge is 0.323 e. The highest BCUT2D eigenvalue weighted by atomic mass is 16.1. The molecule has 0 spiro atoms. The molecule has 1 heterocycles. The van der Waals surface area contributed by atoms with Gasteiger partial charge >= 0.3 is 5.69 Å². The SMILES string of the molecule is CNC(c1ccc2[nH]c(=O)[nH]c2c1)c1ccccc1C. The first kappa shape index (κ1) is 12.7. The first-order chi connectivity index (χ1) is 9.69. The third-order valence-electron chi connectivity index (χ3n) is 3.66. The van der Waals surface area contributed by atoms with E-state index >= 15 is 0 Å². The molecule has 3 N–H and O–H groups in total. The van der Waals surface area contributed by atoms with Gasteiger partial charge in [0.2, 0.25) is 0 Å². The fourth-order valence-corrected chi connectivity index (χ4v) is 2.64. The molecule has 102 valence electrons. The smallest absolute Gasteiger partial charge is 0.309 e. The van der Waals surface area contributed by atoms with Crippen molar-refractivity contribution in [2.24, 2.45) is 0 Å². The summed E-state index contributed by atoms with van der Waals surface area (Å²) >= 11 is 0. The van der Waals surface area contributed by atoms with Crippen LogP contribution in [0.5, 0.6) is 0 Å². The molecule has 1 aromatic heterocycles. The number of hydrogen-bond donors (Lipinski definition) is 3. The normalized spacial score (nSPS) is 12.7. The maximum atomic E-state index is 11.3. The van der Waals surface area contributed by atoms with Crippen LogP contribution in [0.2, 0.25) is 0 Å². The van der Waals surface area contributed by atoms with Gasteiger partial charge in [-0.1, -0.05) is 30.3 Å². The van der Waals surface area contributed by atoms with Crippen molar-refractivity contribution < 1.29 is 0 Å². The average Bonchev–Trinajstić information content (AvgIpc) is 2.81. The van der Waals surface area contributed by atoms with Crippen LogP contribution in [-0.2, 0) is 0 Å². The van der Waals surface area contributed by atoms with Crippen molar-refractivity contribution in [1.82, 2.24) is 15.3 Å². The summed E-state index contributed by atoms with van der Waals surface area (Å²) in [7, 11) is 1.95. The number of H-pyrrole nitrogens is 2. The third-order valence-corrected chi connectivity index (χ3v) is 3.66. The van der Waals surface area contributed by atoms with Crippen molar-refractivity contribution in [2.75, 3.05) is 7.05 Å². The van der Waals surface area contributed by atoms with Gasteiger partial charge in [0.15, 0.2) is 0 Å². The molecule has 0 fully saturated rings. The second kappa shape index (κ2) is 4.98. The molecule has 1 unspecified atom stereocenters. The number of rotatable bonds is 3. The van der Waals surface area contributed by atoms with Gasteiger partial charge in [-0.2, -0.15) is 0 Å². The van der Waals surface area contributed by atoms with Gasteiger partial charge in [-0.05, 0) is 42.8 Å². The number of aryl methyl sites for hydroxylation is 1. The third kappa shape index (κ3) is 2.14. The van der Waals surface area contributed by atoms with Gasteiger partial charge in [-0.25, -0.2) is 4.79 Å². The highest BCUT2D eigenvalue weighted by Gasteiger charge is 2.14. The molecule has 4 heteroatoms. The highest BCUT2D eigenvalue weighted by molar-refractivity contribution is 5.75. The molecule has 20 heavy (non-hydrogen) atoms. The predicted octanol–water partition coefficient (Wildman–Crippen LogP) is 2.47. The summed E-state index contributed by atoms with van der Waals surface area (Å²) < 4.78 is 0. The molecule has 0 amide bonds. The fourth-order valence-electron chi connectivity index (χ4n) is 2.64. The molecule has 0 bridgehead atoms. The van der Waals surface area contributed by atoms with Crippen LogP contribution in [0.3, 0.4) is 0 Å². The number of nitrogens with one attached hydrogen (secondary N) is 3. The number of aromatic amines is 2. The van der Waals surface area contributed by atoms with Crippen LogP contribution < -0.4 is 11.0 Å². The Labute approximate surface area is 116 Å². The molecule has 0 saturated carbocycles. The minimum absolute atomic E-state index is 0.110. The Morgan fingerprint density at radius 3 is 2.55 bits per heavy atom. The van der Waals surface area contributed by atoms with Gasteiger partial charge in [-0.3, -0.25) is 0 Å². The van der Waals surface area contributed by atoms with Crippen molar-refractivity contribution in [1.29, 1.82) is 0 Å². The lowest BCUT2D eigenvalue weighted by Gasteiger charge is -2.19. The summed E-state index contributed by atoms with van der Waals surface area (Å²) in [5.74, 6) is 0. The predicted molar refractivity (Wildman–Crippen MR) is 81.0 cm³/mol. The zero-order chi connectivity index (χ0) is 14.1. The van der Waals surface area contributed by atoms with Crippen LogP contribution in [0.15, 0.2) is 47.3 Å². The Morgan fingerprint density at radius 2 is 1.80 bits per heavy atom. The Morgan fingerprint density at radius 1 is 1.05 bits per heavy atom. The van der Waals surface area contributed by atoms with Crippen LogP contribution in [0.25, 0.3) is 11.0 Å². The summed E-state index contributed by atoms with van der Waals surface area (Å²) in [4.78, 5) is 16.9. The van der Waals surface area contributed by atoms with E-state index in [-0.39, 0.29) is 11.7 Å². The minimum Gasteiger partial charge on any atom is -0.309 e. The van der Waals surface area contributed by atoms with Crippen molar-refractivity contribution in [3.8, 4) is 0 Å². The van der Waals surface area contributed by atoms with Crippen LogP contribution in [0.4, 0.5) is 0 Å². The molecule has 4 nitrogen and oxygen atoms in total. The molecular weight excluding hydrogens is 250 g/mol. The first-order valence-corrected chi connectivity index (χ1v) is 6.64. The maximum absolute atomic E-state index is 11.3. The summed E-state index contributed by atoms with van der Waals surface area (Å²) in [6.45, 7) is 2.11. The zero-order valence-corrected chi connectivity index (χ0v) is 11.5. The number of aromatic nitrogens is 2. The first-order valence-electron chi connectivity index (χ1n) is 6.64. The van der Waals surface area contributed by atoms with E-state index in [1.54, 1.807) is 0 Å². The van der Waals surface area contributed by atoms with E-state index in [1.165, 1.54) is 11.1 Å². The molecule has 1 atom stereocenters. The number of fused-ring (bicyclic) bond motifs is 1. The van der Waals surface area contributed by atoms with Gasteiger partial charge in [0, 0.05) is 0 Å². The van der Waals surface area contributed by atoms with Gasteiger partial charge in [0.05, 0.1) is 17.1 Å². The van der Waals surface area contributed by atoms with Crippen molar-refractivity contribution >= 4 is 11.0 Å². The summed E-state index contributed by atoms with van der Waals surface area (Å²) in [5.41, 5.74) is 5.11. The van der Waals surface area contributed by atoms with Crippen LogP contribution in [0.1, 0.15) is 22.7 Å². The van der Waals surface area contributed by atoms with Gasteiger partial charge in [0.25, 0.3) is 0 Å². The summed E-state index contributed by atoms with van der Waals surface area (Å²) in [5, 5.41) is 3.34. The number of hydrogen-bond acceptors (Lipinski definition) is 2. The van der Waals surface area contributed by atoms with Crippen LogP contribution in [0, 0.1) is 6.92 Å². The van der Waals surface area contributed by atoms with Crippen molar-refractivity contribution in [3.63, 3.8) is 0 Å². The standard InChI is InChI=1S/C16H17N3O/c1-10-5-3-4-6-12(10)15(17-2)11-7-8-13-14(9-11)19-16(20)18-13/h3-9,15,17H,1-2H3,(H2,18,19,20). The van der Waals surface area contributed by atoms with E-state index in [0.29, 0.717) is 0 Å². The Hall–Kier alpha value is -2.33. The summed E-state index contributed by atoms with van der Waals surface area (Å²) in [6, 6.07) is 14.4. The van der Waals surface area contributed by atoms with E-state index in [2.05, 4.69) is 34.3 Å². The monoisotopic (exact) mass is 267 g/mol. The molecule has 0 aliphatic carbocycles. The average molecular weight is 267 g/mol. The maximum Gasteiger partial charge on any atom is 0.323 e. The van der Waals surface area contributed by atoms with Gasteiger partial charge in [-0.15, -0.1) is 0 Å². The minimum atomic E-state index is -0.172. The second-order valence-electron chi connectivity index (χ2n) is 4.96. The Kier molecular flexibility index (Phi) is 3.16. The topological polar surface area (TPSA) is 60.7 Å². The number of benzene rings is 2. The lowest BCUT2D eigenvalue weighted by Crippen LogP contribution is -2.18. The lowest BCUT2D eigenvalue weighted by molar-refractivity contribution is 0.688.